The van der Waals surface area contributed by atoms with E-state index in [1.807, 2.05) is 6.92 Å². The average Bonchev–Trinajstić information content (AvgIpc) is 2.40. The normalized spacial score (nSPS) is 27.6. The first-order valence-electron chi connectivity index (χ1n) is 5.52. The molecule has 1 aliphatic heterocycles. The van der Waals surface area contributed by atoms with Gasteiger partial charge in [-0.25, -0.2) is 8.42 Å². The summed E-state index contributed by atoms with van der Waals surface area (Å²) in [5, 5.41) is 3.31. The lowest BCUT2D eigenvalue weighted by Gasteiger charge is -2.25. The molecule has 0 saturated carbocycles. The maximum absolute atomic E-state index is 11.4. The molecule has 0 spiro atoms. The van der Waals surface area contributed by atoms with E-state index in [1.165, 1.54) is 0 Å². The SMILES string of the molecule is CCCCOC(=S)NC1(C)CCS(=O)(=O)C1. The van der Waals surface area contributed by atoms with Crippen molar-refractivity contribution < 1.29 is 13.2 Å². The second-order valence-corrected chi connectivity index (χ2v) is 7.07. The predicted octanol–water partition coefficient (Wildman–Crippen LogP) is 1.25. The lowest BCUT2D eigenvalue weighted by atomic mass is 10.0. The van der Waals surface area contributed by atoms with Crippen LogP contribution in [0.4, 0.5) is 0 Å². The van der Waals surface area contributed by atoms with Crippen molar-refractivity contribution in [3.8, 4) is 0 Å². The molecule has 1 rings (SSSR count). The Hall–Kier alpha value is -0.360. The first kappa shape index (κ1) is 13.7. The average molecular weight is 265 g/mol. The number of sulfone groups is 1. The number of thiocarbonyl (C=S) groups is 1. The van der Waals surface area contributed by atoms with E-state index < -0.39 is 15.4 Å². The number of nitrogens with one attached hydrogen (secondary N) is 1. The molecule has 1 N–H and O–H groups in total. The standard InChI is InChI=1S/C10H19NO3S2/c1-3-4-6-14-9(15)11-10(2)5-7-16(12,13)8-10/h3-8H2,1-2H3,(H,11,15). The highest BCUT2D eigenvalue weighted by atomic mass is 32.2. The van der Waals surface area contributed by atoms with Gasteiger partial charge in [0.05, 0.1) is 23.7 Å². The minimum Gasteiger partial charge on any atom is -0.471 e. The molecule has 1 unspecified atom stereocenters. The van der Waals surface area contributed by atoms with Crippen LogP contribution in [-0.4, -0.2) is 37.2 Å². The summed E-state index contributed by atoms with van der Waals surface area (Å²) in [6, 6.07) is 0. The topological polar surface area (TPSA) is 55.4 Å². The molecule has 1 atom stereocenters. The highest BCUT2D eigenvalue weighted by molar-refractivity contribution is 7.91. The Kier molecular flexibility index (Phi) is 4.55. The van der Waals surface area contributed by atoms with Gasteiger partial charge in [0.25, 0.3) is 5.17 Å². The van der Waals surface area contributed by atoms with Crippen LogP contribution in [0.5, 0.6) is 0 Å². The van der Waals surface area contributed by atoms with Gasteiger partial charge in [-0.3, -0.25) is 0 Å². The monoisotopic (exact) mass is 265 g/mol. The second kappa shape index (κ2) is 5.31. The molecule has 0 bridgehead atoms. The molecule has 1 fully saturated rings. The molecule has 0 aromatic carbocycles. The van der Waals surface area contributed by atoms with Crippen molar-refractivity contribution in [2.45, 2.75) is 38.6 Å². The summed E-state index contributed by atoms with van der Waals surface area (Å²) in [6.45, 7) is 4.53. The van der Waals surface area contributed by atoms with Crippen LogP contribution >= 0.6 is 12.2 Å². The predicted molar refractivity (Wildman–Crippen MR) is 68.3 cm³/mol. The van der Waals surface area contributed by atoms with E-state index in [9.17, 15) is 8.42 Å². The van der Waals surface area contributed by atoms with Crippen LogP contribution in [0.25, 0.3) is 0 Å². The molecule has 0 aromatic rings. The van der Waals surface area contributed by atoms with E-state index in [0.29, 0.717) is 18.2 Å². The number of unbranched alkanes of at least 4 members (excludes halogenated alkanes) is 1. The summed E-state index contributed by atoms with van der Waals surface area (Å²) >= 11 is 5.02. The van der Waals surface area contributed by atoms with Crippen LogP contribution in [0, 0.1) is 0 Å². The van der Waals surface area contributed by atoms with Gasteiger partial charge in [0, 0.05) is 0 Å². The highest BCUT2D eigenvalue weighted by Gasteiger charge is 2.39. The van der Waals surface area contributed by atoms with Gasteiger partial charge in [0.15, 0.2) is 9.84 Å². The minimum atomic E-state index is -2.90. The van der Waals surface area contributed by atoms with Crippen molar-refractivity contribution in [2.75, 3.05) is 18.1 Å². The van der Waals surface area contributed by atoms with E-state index >= 15 is 0 Å². The Balaban J connectivity index is 2.39. The van der Waals surface area contributed by atoms with E-state index in [4.69, 9.17) is 17.0 Å². The fourth-order valence-corrected chi connectivity index (χ4v) is 4.12. The fraction of sp³-hybridized carbons (Fsp3) is 0.900. The molecular weight excluding hydrogens is 246 g/mol. The maximum Gasteiger partial charge on any atom is 0.257 e. The van der Waals surface area contributed by atoms with E-state index in [1.54, 1.807) is 0 Å². The minimum absolute atomic E-state index is 0.136. The van der Waals surface area contributed by atoms with Crippen LogP contribution < -0.4 is 5.32 Å². The van der Waals surface area contributed by atoms with Gasteiger partial charge in [-0.05, 0) is 32.0 Å². The smallest absolute Gasteiger partial charge is 0.257 e. The van der Waals surface area contributed by atoms with Crippen LogP contribution in [0.2, 0.25) is 0 Å². The van der Waals surface area contributed by atoms with Crippen molar-refractivity contribution >= 4 is 27.2 Å². The summed E-state index contributed by atoms with van der Waals surface area (Å²) < 4.78 is 28.0. The molecule has 0 amide bonds. The Morgan fingerprint density at radius 3 is 2.75 bits per heavy atom. The molecule has 6 heteroatoms. The molecule has 0 aromatic heterocycles. The zero-order chi connectivity index (χ0) is 12.2. The van der Waals surface area contributed by atoms with Gasteiger partial charge in [0.2, 0.25) is 0 Å². The van der Waals surface area contributed by atoms with Gasteiger partial charge in [-0.1, -0.05) is 13.3 Å². The molecule has 1 heterocycles. The van der Waals surface area contributed by atoms with Crippen molar-refractivity contribution in [2.24, 2.45) is 0 Å². The van der Waals surface area contributed by atoms with Crippen molar-refractivity contribution in [1.82, 2.24) is 5.32 Å². The summed E-state index contributed by atoms with van der Waals surface area (Å²) in [5.74, 6) is 0.366. The van der Waals surface area contributed by atoms with E-state index in [0.717, 1.165) is 12.8 Å². The lowest BCUT2D eigenvalue weighted by molar-refractivity contribution is 0.276. The molecule has 1 saturated heterocycles. The molecule has 94 valence electrons. The first-order valence-corrected chi connectivity index (χ1v) is 7.75. The molecule has 0 aliphatic carbocycles. The molecule has 0 radical (unpaired) electrons. The van der Waals surface area contributed by atoms with Gasteiger partial charge >= 0.3 is 0 Å². The Morgan fingerprint density at radius 2 is 2.25 bits per heavy atom. The lowest BCUT2D eigenvalue weighted by Crippen LogP contribution is -2.47. The second-order valence-electron chi connectivity index (χ2n) is 4.52. The van der Waals surface area contributed by atoms with Crippen LogP contribution in [0.1, 0.15) is 33.1 Å². The van der Waals surface area contributed by atoms with Gasteiger partial charge < -0.3 is 10.1 Å². The van der Waals surface area contributed by atoms with Crippen LogP contribution in [0.15, 0.2) is 0 Å². The quantitative estimate of drug-likeness (QED) is 0.612. The fourth-order valence-electron chi connectivity index (χ4n) is 1.70. The summed E-state index contributed by atoms with van der Waals surface area (Å²) in [4.78, 5) is 0. The largest absolute Gasteiger partial charge is 0.471 e. The third-order valence-electron chi connectivity index (χ3n) is 2.64. The van der Waals surface area contributed by atoms with E-state index in [-0.39, 0.29) is 11.5 Å². The van der Waals surface area contributed by atoms with Crippen molar-refractivity contribution in [3.05, 3.63) is 0 Å². The Labute approximate surface area is 103 Å². The Bertz CT molecular complexity index is 353. The summed E-state index contributed by atoms with van der Waals surface area (Å²) in [5.41, 5.74) is -0.456. The van der Waals surface area contributed by atoms with Crippen molar-refractivity contribution in [1.29, 1.82) is 0 Å². The van der Waals surface area contributed by atoms with Gasteiger partial charge in [-0.2, -0.15) is 0 Å². The van der Waals surface area contributed by atoms with Crippen molar-refractivity contribution in [3.63, 3.8) is 0 Å². The third kappa shape index (κ3) is 4.25. The Morgan fingerprint density at radius 1 is 1.56 bits per heavy atom. The number of hydrogen-bond donors (Lipinski definition) is 1. The van der Waals surface area contributed by atoms with Gasteiger partial charge in [0.1, 0.15) is 0 Å². The summed E-state index contributed by atoms with van der Waals surface area (Å²) in [6.07, 6.45) is 2.59. The zero-order valence-electron chi connectivity index (χ0n) is 9.78. The molecule has 16 heavy (non-hydrogen) atoms. The maximum atomic E-state index is 11.4. The highest BCUT2D eigenvalue weighted by Crippen LogP contribution is 2.22. The molecule has 4 nitrogen and oxygen atoms in total. The first-order chi connectivity index (χ1) is 7.37. The van der Waals surface area contributed by atoms with E-state index in [2.05, 4.69) is 12.2 Å². The third-order valence-corrected chi connectivity index (χ3v) is 4.76. The molecule has 1 aliphatic rings. The number of hydrogen-bond acceptors (Lipinski definition) is 4. The number of rotatable bonds is 4. The van der Waals surface area contributed by atoms with Crippen LogP contribution in [-0.2, 0) is 14.6 Å². The van der Waals surface area contributed by atoms with Gasteiger partial charge in [-0.15, -0.1) is 0 Å². The summed E-state index contributed by atoms with van der Waals surface area (Å²) in [7, 11) is -2.90. The molecular formula is C10H19NO3S2. The number of ether oxygens (including phenoxy) is 1. The zero-order valence-corrected chi connectivity index (χ0v) is 11.4. The van der Waals surface area contributed by atoms with Crippen LogP contribution in [0.3, 0.4) is 0 Å².